The lowest BCUT2D eigenvalue weighted by Crippen LogP contribution is -2.43. The van der Waals surface area contributed by atoms with Crippen molar-refractivity contribution in [2.45, 2.75) is 26.3 Å². The number of amides is 2. The maximum absolute atomic E-state index is 11.9. The van der Waals surface area contributed by atoms with Crippen molar-refractivity contribution in [2.75, 3.05) is 5.32 Å². The van der Waals surface area contributed by atoms with Crippen LogP contribution in [0.4, 0.5) is 10.6 Å². The number of aromatic amines is 1. The molecule has 100 valence electrons. The van der Waals surface area contributed by atoms with Gasteiger partial charge in [-0.15, -0.1) is 0 Å². The number of hydrogen-bond acceptors (Lipinski definition) is 2. The van der Waals surface area contributed by atoms with E-state index in [4.69, 9.17) is 0 Å². The van der Waals surface area contributed by atoms with Crippen molar-refractivity contribution in [3.05, 3.63) is 47.7 Å². The zero-order valence-corrected chi connectivity index (χ0v) is 11.3. The smallest absolute Gasteiger partial charge is 0.321 e. The lowest BCUT2D eigenvalue weighted by atomic mass is 9.95. The Balaban J connectivity index is 2.02. The number of rotatable bonds is 3. The van der Waals surface area contributed by atoms with Gasteiger partial charge in [0.2, 0.25) is 0 Å². The first-order valence-electron chi connectivity index (χ1n) is 6.14. The molecule has 2 rings (SSSR count). The zero-order chi connectivity index (χ0) is 13.9. The van der Waals surface area contributed by atoms with Crippen LogP contribution in [-0.4, -0.2) is 16.2 Å². The van der Waals surface area contributed by atoms with Crippen LogP contribution in [-0.2, 0) is 5.54 Å². The second kappa shape index (κ2) is 5.14. The first kappa shape index (κ1) is 13.1. The van der Waals surface area contributed by atoms with Crippen LogP contribution in [0.3, 0.4) is 0 Å². The molecular formula is C14H18N4O. The molecule has 19 heavy (non-hydrogen) atoms. The minimum atomic E-state index is -0.448. The molecule has 2 amide bonds. The Bertz CT molecular complexity index is 560. The van der Waals surface area contributed by atoms with E-state index in [2.05, 4.69) is 20.8 Å². The van der Waals surface area contributed by atoms with E-state index in [0.717, 1.165) is 11.3 Å². The fourth-order valence-electron chi connectivity index (χ4n) is 1.84. The number of anilines is 1. The Morgan fingerprint density at radius 3 is 2.53 bits per heavy atom. The summed E-state index contributed by atoms with van der Waals surface area (Å²) in [6, 6.07) is 11.3. The fourth-order valence-corrected chi connectivity index (χ4v) is 1.84. The van der Waals surface area contributed by atoms with E-state index in [0.29, 0.717) is 5.82 Å². The molecule has 0 saturated carbocycles. The van der Waals surface area contributed by atoms with Crippen LogP contribution in [0.25, 0.3) is 0 Å². The van der Waals surface area contributed by atoms with Gasteiger partial charge in [0.25, 0.3) is 0 Å². The molecule has 5 nitrogen and oxygen atoms in total. The average molecular weight is 258 g/mol. The highest BCUT2D eigenvalue weighted by atomic mass is 16.2. The van der Waals surface area contributed by atoms with Gasteiger partial charge in [0.1, 0.15) is 0 Å². The molecule has 0 spiro atoms. The van der Waals surface area contributed by atoms with Gasteiger partial charge in [-0.2, -0.15) is 5.10 Å². The summed E-state index contributed by atoms with van der Waals surface area (Å²) < 4.78 is 0. The number of aryl methyl sites for hydroxylation is 1. The van der Waals surface area contributed by atoms with Crippen LogP contribution in [0.5, 0.6) is 0 Å². The molecule has 0 aliphatic heterocycles. The van der Waals surface area contributed by atoms with Crippen molar-refractivity contribution >= 4 is 11.8 Å². The number of hydrogen-bond donors (Lipinski definition) is 3. The van der Waals surface area contributed by atoms with Crippen molar-refractivity contribution < 1.29 is 4.79 Å². The highest BCUT2D eigenvalue weighted by Gasteiger charge is 2.22. The average Bonchev–Trinajstić information content (AvgIpc) is 2.75. The summed E-state index contributed by atoms with van der Waals surface area (Å²) >= 11 is 0. The number of carbonyl (C=O) groups excluding carboxylic acids is 1. The largest absolute Gasteiger partial charge is 0.329 e. The van der Waals surface area contributed by atoms with Crippen LogP contribution in [0.2, 0.25) is 0 Å². The second-order valence-corrected chi connectivity index (χ2v) is 5.01. The maximum Gasteiger partial charge on any atom is 0.321 e. The number of nitrogens with zero attached hydrogens (tertiary/aromatic N) is 1. The Hall–Kier alpha value is -2.30. The number of H-pyrrole nitrogens is 1. The van der Waals surface area contributed by atoms with Gasteiger partial charge in [-0.05, 0) is 26.3 Å². The van der Waals surface area contributed by atoms with Crippen LogP contribution >= 0.6 is 0 Å². The summed E-state index contributed by atoms with van der Waals surface area (Å²) in [6.45, 7) is 5.79. The number of benzene rings is 1. The van der Waals surface area contributed by atoms with Gasteiger partial charge in [0.15, 0.2) is 5.82 Å². The molecule has 3 N–H and O–H groups in total. The fraction of sp³-hybridized carbons (Fsp3) is 0.286. The molecule has 0 saturated heterocycles. The third-order valence-corrected chi connectivity index (χ3v) is 2.87. The van der Waals surface area contributed by atoms with E-state index in [-0.39, 0.29) is 6.03 Å². The summed E-state index contributed by atoms with van der Waals surface area (Å²) in [7, 11) is 0. The lowest BCUT2D eigenvalue weighted by molar-refractivity contribution is 0.242. The number of urea groups is 1. The van der Waals surface area contributed by atoms with Crippen molar-refractivity contribution in [2.24, 2.45) is 0 Å². The molecule has 0 atom stereocenters. The first-order chi connectivity index (χ1) is 8.97. The van der Waals surface area contributed by atoms with Gasteiger partial charge in [-0.1, -0.05) is 30.3 Å². The summed E-state index contributed by atoms with van der Waals surface area (Å²) in [4.78, 5) is 11.9. The quantitative estimate of drug-likeness (QED) is 0.792. The van der Waals surface area contributed by atoms with Gasteiger partial charge in [0, 0.05) is 11.8 Å². The normalized spacial score (nSPS) is 11.1. The molecule has 0 bridgehead atoms. The minimum Gasteiger partial charge on any atom is -0.329 e. The topological polar surface area (TPSA) is 69.8 Å². The monoisotopic (exact) mass is 258 g/mol. The Morgan fingerprint density at radius 2 is 1.95 bits per heavy atom. The van der Waals surface area contributed by atoms with Crippen LogP contribution < -0.4 is 10.6 Å². The Labute approximate surface area is 112 Å². The molecule has 2 aromatic rings. The molecule has 1 heterocycles. The molecule has 0 radical (unpaired) electrons. The third-order valence-electron chi connectivity index (χ3n) is 2.87. The second-order valence-electron chi connectivity index (χ2n) is 5.01. The lowest BCUT2D eigenvalue weighted by Gasteiger charge is -2.26. The number of carbonyl (C=O) groups is 1. The molecule has 1 aromatic carbocycles. The van der Waals surface area contributed by atoms with Crippen molar-refractivity contribution in [3.8, 4) is 0 Å². The van der Waals surface area contributed by atoms with Crippen molar-refractivity contribution in [1.29, 1.82) is 0 Å². The summed E-state index contributed by atoms with van der Waals surface area (Å²) in [5.74, 6) is 0.513. The third kappa shape index (κ3) is 3.34. The molecular weight excluding hydrogens is 240 g/mol. The minimum absolute atomic E-state index is 0.277. The van der Waals surface area contributed by atoms with Gasteiger partial charge < -0.3 is 5.32 Å². The highest BCUT2D eigenvalue weighted by Crippen LogP contribution is 2.19. The van der Waals surface area contributed by atoms with Crippen molar-refractivity contribution in [1.82, 2.24) is 15.5 Å². The van der Waals surface area contributed by atoms with E-state index in [9.17, 15) is 4.79 Å². The summed E-state index contributed by atoms with van der Waals surface area (Å²) in [5.41, 5.74) is 1.50. The van der Waals surface area contributed by atoms with E-state index >= 15 is 0 Å². The van der Waals surface area contributed by atoms with E-state index in [1.807, 2.05) is 51.1 Å². The number of nitrogens with one attached hydrogen (secondary N) is 3. The van der Waals surface area contributed by atoms with Crippen LogP contribution in [0.15, 0.2) is 36.4 Å². The first-order valence-corrected chi connectivity index (χ1v) is 6.14. The molecule has 1 aromatic heterocycles. The zero-order valence-electron chi connectivity index (χ0n) is 11.3. The van der Waals surface area contributed by atoms with Crippen LogP contribution in [0, 0.1) is 6.92 Å². The van der Waals surface area contributed by atoms with Crippen molar-refractivity contribution in [3.63, 3.8) is 0 Å². The Morgan fingerprint density at radius 1 is 1.26 bits per heavy atom. The molecule has 5 heteroatoms. The summed E-state index contributed by atoms with van der Waals surface area (Å²) in [6.07, 6.45) is 0. The van der Waals surface area contributed by atoms with Gasteiger partial charge in [0.05, 0.1) is 5.54 Å². The van der Waals surface area contributed by atoms with Gasteiger partial charge in [-0.3, -0.25) is 10.4 Å². The number of aromatic nitrogens is 2. The van der Waals surface area contributed by atoms with Crippen LogP contribution in [0.1, 0.15) is 25.1 Å². The SMILES string of the molecule is Cc1cc(NC(=O)NC(C)(C)c2ccccc2)n[nH]1. The highest BCUT2D eigenvalue weighted by molar-refractivity contribution is 5.88. The Kier molecular flexibility index (Phi) is 3.55. The maximum atomic E-state index is 11.9. The van der Waals surface area contributed by atoms with E-state index in [1.165, 1.54) is 0 Å². The molecule has 0 aliphatic rings. The summed E-state index contributed by atoms with van der Waals surface area (Å²) in [5, 5.41) is 12.4. The predicted octanol–water partition coefficient (Wildman–Crippen LogP) is 2.77. The molecule has 0 unspecified atom stereocenters. The molecule has 0 fully saturated rings. The standard InChI is InChI=1S/C14H18N4O/c1-10-9-12(18-17-10)15-13(19)16-14(2,3)11-7-5-4-6-8-11/h4-9H,1-3H3,(H3,15,16,17,18,19). The van der Waals surface area contributed by atoms with E-state index < -0.39 is 5.54 Å². The predicted molar refractivity (Wildman–Crippen MR) is 74.9 cm³/mol. The van der Waals surface area contributed by atoms with Gasteiger partial charge >= 0.3 is 6.03 Å². The molecule has 0 aliphatic carbocycles. The van der Waals surface area contributed by atoms with Gasteiger partial charge in [-0.25, -0.2) is 4.79 Å². The van der Waals surface area contributed by atoms with E-state index in [1.54, 1.807) is 6.07 Å².